The smallest absolute Gasteiger partial charge is 0.251 e. The quantitative estimate of drug-likeness (QED) is 0.580. The molecule has 0 aliphatic carbocycles. The van der Waals surface area contributed by atoms with Gasteiger partial charge in [-0.2, -0.15) is 0 Å². The van der Waals surface area contributed by atoms with E-state index < -0.39 is 0 Å². The number of benzene rings is 1. The number of carbonyl (C=O) groups excluding carboxylic acids is 1. The Morgan fingerprint density at radius 3 is 2.92 bits per heavy atom. The second-order valence-electron chi connectivity index (χ2n) is 4.97. The Kier molecular flexibility index (Phi) is 6.69. The Hall–Kier alpha value is -1.99. The molecule has 2 N–H and O–H groups in total. The summed E-state index contributed by atoms with van der Waals surface area (Å²) in [4.78, 5) is 30.7. The number of carbonyl (C=O) groups is 1. The van der Waals surface area contributed by atoms with E-state index in [0.717, 1.165) is 18.5 Å². The molecule has 0 saturated carbocycles. The summed E-state index contributed by atoms with van der Waals surface area (Å²) in [5.41, 5.74) is 1.00. The summed E-state index contributed by atoms with van der Waals surface area (Å²) in [6, 6.07) is 6.45. The number of hydrogen-bond donors (Lipinski definition) is 2. The molecule has 6 nitrogen and oxygen atoms in total. The van der Waals surface area contributed by atoms with E-state index in [1.165, 1.54) is 24.9 Å². The molecular formula is C16H18ClN3O3S. The highest BCUT2D eigenvalue weighted by molar-refractivity contribution is 7.99. The van der Waals surface area contributed by atoms with Crippen LogP contribution in [-0.4, -0.2) is 28.7 Å². The van der Waals surface area contributed by atoms with Crippen molar-refractivity contribution in [3.8, 4) is 5.75 Å². The van der Waals surface area contributed by atoms with Crippen molar-refractivity contribution in [2.45, 2.75) is 24.9 Å². The highest BCUT2D eigenvalue weighted by Gasteiger charge is 2.10. The van der Waals surface area contributed by atoms with Crippen LogP contribution >= 0.6 is 23.4 Å². The van der Waals surface area contributed by atoms with E-state index in [0.29, 0.717) is 21.6 Å². The number of aromatic nitrogens is 2. The maximum Gasteiger partial charge on any atom is 0.251 e. The number of halogens is 1. The Morgan fingerprint density at radius 1 is 1.42 bits per heavy atom. The normalized spacial score (nSPS) is 10.5. The van der Waals surface area contributed by atoms with Crippen LogP contribution < -0.4 is 15.6 Å². The number of aryl methyl sites for hydroxylation is 1. The average Bonchev–Trinajstić information content (AvgIpc) is 2.53. The van der Waals surface area contributed by atoms with Crippen molar-refractivity contribution < 1.29 is 9.53 Å². The topological polar surface area (TPSA) is 84.1 Å². The van der Waals surface area contributed by atoms with Gasteiger partial charge in [0.1, 0.15) is 5.75 Å². The molecule has 0 aliphatic heterocycles. The Bertz CT molecular complexity index is 779. The van der Waals surface area contributed by atoms with Crippen LogP contribution in [0.1, 0.15) is 19.0 Å². The molecule has 24 heavy (non-hydrogen) atoms. The fourth-order valence-electron chi connectivity index (χ4n) is 2.03. The predicted molar refractivity (Wildman–Crippen MR) is 96.2 cm³/mol. The summed E-state index contributed by atoms with van der Waals surface area (Å²) < 4.78 is 5.18. The number of rotatable bonds is 7. The molecule has 2 rings (SSSR count). The number of hydrogen-bond acceptors (Lipinski definition) is 5. The summed E-state index contributed by atoms with van der Waals surface area (Å²) in [5.74, 6) is 0.382. The van der Waals surface area contributed by atoms with E-state index in [4.69, 9.17) is 16.3 Å². The van der Waals surface area contributed by atoms with Crippen LogP contribution in [0.15, 0.2) is 34.2 Å². The number of nitrogens with zero attached hydrogens (tertiary/aromatic N) is 1. The Morgan fingerprint density at radius 2 is 2.21 bits per heavy atom. The van der Waals surface area contributed by atoms with Crippen LogP contribution in [0.3, 0.4) is 0 Å². The van der Waals surface area contributed by atoms with Gasteiger partial charge in [0.15, 0.2) is 5.16 Å². The van der Waals surface area contributed by atoms with Crippen molar-refractivity contribution in [2.75, 3.05) is 18.2 Å². The molecule has 0 bridgehead atoms. The predicted octanol–water partition coefficient (Wildman–Crippen LogP) is 3.12. The number of methoxy groups -OCH3 is 1. The van der Waals surface area contributed by atoms with E-state index in [-0.39, 0.29) is 17.2 Å². The number of thioether (sulfide) groups is 1. The van der Waals surface area contributed by atoms with Crippen molar-refractivity contribution >= 4 is 35.0 Å². The molecule has 1 aromatic heterocycles. The minimum Gasteiger partial charge on any atom is -0.495 e. The molecule has 0 unspecified atom stereocenters. The van der Waals surface area contributed by atoms with Gasteiger partial charge in [-0.05, 0) is 24.6 Å². The molecule has 0 saturated heterocycles. The number of anilines is 1. The molecule has 0 spiro atoms. The van der Waals surface area contributed by atoms with Gasteiger partial charge < -0.3 is 15.0 Å². The van der Waals surface area contributed by atoms with Crippen molar-refractivity contribution in [1.82, 2.24) is 9.97 Å². The maximum absolute atomic E-state index is 12.1. The average molecular weight is 368 g/mol. The number of nitrogens with one attached hydrogen (secondary N) is 2. The second-order valence-corrected chi connectivity index (χ2v) is 6.37. The van der Waals surface area contributed by atoms with E-state index in [1.54, 1.807) is 18.2 Å². The molecule has 1 aromatic carbocycles. The standard InChI is InChI=1S/C16H18ClN3O3S/c1-3-4-11-8-14(21)20-16(18-11)24-9-15(22)19-12-7-10(17)5-6-13(12)23-2/h5-8H,3-4,9H2,1-2H3,(H,19,22)(H,18,20,21). The molecule has 8 heteroatoms. The third-order valence-corrected chi connectivity index (χ3v) is 4.16. The highest BCUT2D eigenvalue weighted by Crippen LogP contribution is 2.27. The minimum atomic E-state index is -0.246. The molecule has 0 aliphatic rings. The second kappa shape index (κ2) is 8.75. The van der Waals surface area contributed by atoms with Gasteiger partial charge in [0.2, 0.25) is 5.91 Å². The Labute approximate surface area is 149 Å². The summed E-state index contributed by atoms with van der Waals surface area (Å²) in [7, 11) is 1.52. The third-order valence-electron chi connectivity index (χ3n) is 3.05. The van der Waals surface area contributed by atoms with Gasteiger partial charge in [-0.25, -0.2) is 4.98 Å². The van der Waals surface area contributed by atoms with E-state index in [9.17, 15) is 9.59 Å². The SMILES string of the molecule is CCCc1cc(=O)[nH]c(SCC(=O)Nc2cc(Cl)ccc2OC)n1. The maximum atomic E-state index is 12.1. The van der Waals surface area contributed by atoms with Gasteiger partial charge >= 0.3 is 0 Å². The first-order valence-electron chi connectivity index (χ1n) is 7.38. The first-order chi connectivity index (χ1) is 11.5. The number of amides is 1. The van der Waals surface area contributed by atoms with Crippen molar-refractivity contribution in [3.63, 3.8) is 0 Å². The van der Waals surface area contributed by atoms with Crippen molar-refractivity contribution in [2.24, 2.45) is 0 Å². The van der Waals surface area contributed by atoms with Gasteiger partial charge in [-0.1, -0.05) is 36.7 Å². The first kappa shape index (κ1) is 18.4. The van der Waals surface area contributed by atoms with Crippen LogP contribution in [-0.2, 0) is 11.2 Å². The summed E-state index contributed by atoms with van der Waals surface area (Å²) in [6.45, 7) is 2.02. The lowest BCUT2D eigenvalue weighted by molar-refractivity contribution is -0.113. The summed E-state index contributed by atoms with van der Waals surface area (Å²) in [5, 5.41) is 3.66. The lowest BCUT2D eigenvalue weighted by Crippen LogP contribution is -2.16. The molecule has 0 fully saturated rings. The highest BCUT2D eigenvalue weighted by atomic mass is 35.5. The fourth-order valence-corrected chi connectivity index (χ4v) is 2.90. The largest absolute Gasteiger partial charge is 0.495 e. The first-order valence-corrected chi connectivity index (χ1v) is 8.74. The zero-order chi connectivity index (χ0) is 17.5. The molecule has 128 valence electrons. The molecular weight excluding hydrogens is 350 g/mol. The number of aromatic amines is 1. The number of H-pyrrole nitrogens is 1. The molecule has 1 amide bonds. The fraction of sp³-hybridized carbons (Fsp3) is 0.312. The van der Waals surface area contributed by atoms with E-state index in [1.807, 2.05) is 6.92 Å². The van der Waals surface area contributed by atoms with Gasteiger partial charge in [0.05, 0.1) is 18.6 Å². The van der Waals surface area contributed by atoms with Crippen LogP contribution in [0.4, 0.5) is 5.69 Å². The Balaban J connectivity index is 2.01. The zero-order valence-corrected chi connectivity index (χ0v) is 15.0. The van der Waals surface area contributed by atoms with Crippen LogP contribution in [0, 0.1) is 0 Å². The lowest BCUT2D eigenvalue weighted by Gasteiger charge is -2.10. The lowest BCUT2D eigenvalue weighted by atomic mass is 10.2. The monoisotopic (exact) mass is 367 g/mol. The minimum absolute atomic E-state index is 0.105. The van der Waals surface area contributed by atoms with Crippen molar-refractivity contribution in [3.05, 3.63) is 45.3 Å². The van der Waals surface area contributed by atoms with E-state index >= 15 is 0 Å². The molecule has 0 radical (unpaired) electrons. The molecule has 2 aromatic rings. The van der Waals surface area contributed by atoms with Gasteiger partial charge in [-0.3, -0.25) is 9.59 Å². The van der Waals surface area contributed by atoms with Crippen LogP contribution in [0.25, 0.3) is 0 Å². The van der Waals surface area contributed by atoms with Gasteiger partial charge in [0, 0.05) is 16.8 Å². The van der Waals surface area contributed by atoms with Gasteiger partial charge in [0.25, 0.3) is 5.56 Å². The van der Waals surface area contributed by atoms with Crippen molar-refractivity contribution in [1.29, 1.82) is 0 Å². The third kappa shape index (κ3) is 5.28. The summed E-state index contributed by atoms with van der Waals surface area (Å²) in [6.07, 6.45) is 1.62. The zero-order valence-electron chi connectivity index (χ0n) is 13.4. The van der Waals surface area contributed by atoms with Gasteiger partial charge in [-0.15, -0.1) is 0 Å². The van der Waals surface area contributed by atoms with Crippen LogP contribution in [0.2, 0.25) is 5.02 Å². The van der Waals surface area contributed by atoms with Crippen LogP contribution in [0.5, 0.6) is 5.75 Å². The molecule has 0 atom stereocenters. The number of ether oxygens (including phenoxy) is 1. The van der Waals surface area contributed by atoms with E-state index in [2.05, 4.69) is 15.3 Å². The molecule has 1 heterocycles. The summed E-state index contributed by atoms with van der Waals surface area (Å²) >= 11 is 7.10.